The lowest BCUT2D eigenvalue weighted by atomic mass is 10.1. The fraction of sp³-hybridized carbons (Fsp3) is 0.304. The number of hydrogen-bond acceptors (Lipinski definition) is 5. The summed E-state index contributed by atoms with van der Waals surface area (Å²) in [7, 11) is -0.687. The SMILES string of the molecule is Cc1cc(C(=O)NCCCOc2cccc3cccnc23)cc(S(=O)(=O)N(C)C)c1C. The van der Waals surface area contributed by atoms with Crippen LogP contribution in [-0.2, 0) is 10.0 Å². The normalized spacial score (nSPS) is 11.6. The van der Waals surface area contributed by atoms with Crippen molar-refractivity contribution in [1.29, 1.82) is 0 Å². The van der Waals surface area contributed by atoms with E-state index in [2.05, 4.69) is 10.3 Å². The van der Waals surface area contributed by atoms with E-state index in [0.29, 0.717) is 36.4 Å². The monoisotopic (exact) mass is 441 g/mol. The molecule has 3 aromatic rings. The summed E-state index contributed by atoms with van der Waals surface area (Å²) >= 11 is 0. The lowest BCUT2D eigenvalue weighted by molar-refractivity contribution is 0.0951. The number of carbonyl (C=O) groups is 1. The number of nitrogens with zero attached hydrogens (tertiary/aromatic N) is 2. The number of hydrogen-bond donors (Lipinski definition) is 1. The molecule has 0 bridgehead atoms. The van der Waals surface area contributed by atoms with E-state index >= 15 is 0 Å². The van der Waals surface area contributed by atoms with E-state index in [1.165, 1.54) is 20.2 Å². The first-order chi connectivity index (χ1) is 14.7. The quantitative estimate of drug-likeness (QED) is 0.542. The molecule has 164 valence electrons. The first-order valence-electron chi connectivity index (χ1n) is 10.0. The number of nitrogens with one attached hydrogen (secondary N) is 1. The number of pyridine rings is 1. The van der Waals surface area contributed by atoms with E-state index in [0.717, 1.165) is 20.8 Å². The third-order valence-corrected chi connectivity index (χ3v) is 7.04. The molecule has 0 radical (unpaired) electrons. The van der Waals surface area contributed by atoms with Crippen molar-refractivity contribution in [2.75, 3.05) is 27.2 Å². The van der Waals surface area contributed by atoms with Crippen LogP contribution in [-0.4, -0.2) is 50.9 Å². The highest BCUT2D eigenvalue weighted by Gasteiger charge is 2.22. The Balaban J connectivity index is 1.60. The van der Waals surface area contributed by atoms with Crippen LogP contribution in [0.25, 0.3) is 10.9 Å². The Bertz CT molecular complexity index is 1200. The summed E-state index contributed by atoms with van der Waals surface area (Å²) < 4.78 is 32.1. The fourth-order valence-electron chi connectivity index (χ4n) is 3.17. The number of ether oxygens (including phenoxy) is 1. The molecule has 0 aliphatic rings. The fourth-order valence-corrected chi connectivity index (χ4v) is 4.39. The molecule has 8 heteroatoms. The first-order valence-corrected chi connectivity index (χ1v) is 11.4. The van der Waals surface area contributed by atoms with Gasteiger partial charge in [-0.25, -0.2) is 12.7 Å². The second-order valence-electron chi connectivity index (χ2n) is 7.49. The highest BCUT2D eigenvalue weighted by molar-refractivity contribution is 7.89. The molecule has 1 aromatic heterocycles. The Morgan fingerprint density at radius 2 is 1.87 bits per heavy atom. The average molecular weight is 442 g/mol. The molecule has 1 amide bonds. The van der Waals surface area contributed by atoms with Crippen molar-refractivity contribution in [3.63, 3.8) is 0 Å². The van der Waals surface area contributed by atoms with Crippen molar-refractivity contribution < 1.29 is 17.9 Å². The number of amides is 1. The summed E-state index contributed by atoms with van der Waals surface area (Å²) in [5.41, 5.74) is 2.52. The molecule has 1 heterocycles. The van der Waals surface area contributed by atoms with Gasteiger partial charge in [-0.1, -0.05) is 18.2 Å². The van der Waals surface area contributed by atoms with E-state index in [1.807, 2.05) is 30.3 Å². The molecule has 1 N–H and O–H groups in total. The van der Waals surface area contributed by atoms with Gasteiger partial charge in [-0.3, -0.25) is 9.78 Å². The molecule has 0 spiro atoms. The predicted molar refractivity (Wildman–Crippen MR) is 121 cm³/mol. The maximum Gasteiger partial charge on any atom is 0.251 e. The van der Waals surface area contributed by atoms with E-state index in [4.69, 9.17) is 4.74 Å². The standard InChI is InChI=1S/C23H27N3O4S/c1-16-14-19(15-21(17(16)2)31(28,29)26(3)4)23(27)25-12-7-13-30-20-10-5-8-18-9-6-11-24-22(18)20/h5-6,8-11,14-15H,7,12-13H2,1-4H3,(H,25,27). The van der Waals surface area contributed by atoms with Gasteiger partial charge in [-0.05, 0) is 55.7 Å². The second-order valence-corrected chi connectivity index (χ2v) is 9.61. The zero-order chi connectivity index (χ0) is 22.6. The predicted octanol–water partition coefficient (Wildman–Crippen LogP) is 3.30. The van der Waals surface area contributed by atoms with Crippen LogP contribution < -0.4 is 10.1 Å². The molecule has 3 rings (SSSR count). The van der Waals surface area contributed by atoms with Gasteiger partial charge in [0.2, 0.25) is 10.0 Å². The zero-order valence-corrected chi connectivity index (χ0v) is 19.0. The molecule has 7 nitrogen and oxygen atoms in total. The van der Waals surface area contributed by atoms with E-state index in [-0.39, 0.29) is 10.8 Å². The van der Waals surface area contributed by atoms with Crippen LogP contribution in [0.2, 0.25) is 0 Å². The Kier molecular flexibility index (Phi) is 6.92. The van der Waals surface area contributed by atoms with Crippen LogP contribution in [0.1, 0.15) is 27.9 Å². The van der Waals surface area contributed by atoms with Crippen molar-refractivity contribution >= 4 is 26.8 Å². The van der Waals surface area contributed by atoms with Crippen molar-refractivity contribution in [3.8, 4) is 5.75 Å². The van der Waals surface area contributed by atoms with E-state index in [1.54, 1.807) is 26.1 Å². The van der Waals surface area contributed by atoms with Gasteiger partial charge in [0.1, 0.15) is 11.3 Å². The van der Waals surface area contributed by atoms with Crippen molar-refractivity contribution in [3.05, 3.63) is 65.4 Å². The number of benzene rings is 2. The van der Waals surface area contributed by atoms with Gasteiger partial charge in [0.25, 0.3) is 5.91 Å². The van der Waals surface area contributed by atoms with Crippen LogP contribution >= 0.6 is 0 Å². The van der Waals surface area contributed by atoms with Crippen LogP contribution in [0.3, 0.4) is 0 Å². The number of para-hydroxylation sites is 1. The summed E-state index contributed by atoms with van der Waals surface area (Å²) in [5, 5.41) is 3.84. The average Bonchev–Trinajstić information content (AvgIpc) is 2.75. The van der Waals surface area contributed by atoms with Gasteiger partial charge in [0.05, 0.1) is 11.5 Å². The summed E-state index contributed by atoms with van der Waals surface area (Å²) in [4.78, 5) is 17.1. The first kappa shape index (κ1) is 22.7. The summed E-state index contributed by atoms with van der Waals surface area (Å²) in [5.74, 6) is 0.391. The minimum absolute atomic E-state index is 0.148. The number of aromatic nitrogens is 1. The van der Waals surface area contributed by atoms with Crippen LogP contribution in [0, 0.1) is 13.8 Å². The number of carbonyl (C=O) groups excluding carboxylic acids is 1. The van der Waals surface area contributed by atoms with Crippen molar-refractivity contribution in [2.45, 2.75) is 25.2 Å². The van der Waals surface area contributed by atoms with Gasteiger partial charge < -0.3 is 10.1 Å². The Morgan fingerprint density at radius 3 is 2.61 bits per heavy atom. The van der Waals surface area contributed by atoms with Gasteiger partial charge in [-0.2, -0.15) is 0 Å². The van der Waals surface area contributed by atoms with E-state index in [9.17, 15) is 13.2 Å². The molecule has 0 aliphatic carbocycles. The summed E-state index contributed by atoms with van der Waals surface area (Å²) in [6.07, 6.45) is 2.33. The highest BCUT2D eigenvalue weighted by atomic mass is 32.2. The molecule has 0 aliphatic heterocycles. The third-order valence-electron chi connectivity index (χ3n) is 5.10. The molecule has 31 heavy (non-hydrogen) atoms. The highest BCUT2D eigenvalue weighted by Crippen LogP contribution is 2.24. The summed E-state index contributed by atoms with van der Waals surface area (Å²) in [6, 6.07) is 12.8. The maximum atomic E-state index is 12.6. The van der Waals surface area contributed by atoms with Crippen LogP contribution in [0.15, 0.2) is 53.6 Å². The Labute approximate surface area is 183 Å². The minimum atomic E-state index is -3.64. The van der Waals surface area contributed by atoms with Crippen LogP contribution in [0.4, 0.5) is 0 Å². The smallest absolute Gasteiger partial charge is 0.251 e. The molecule has 0 fully saturated rings. The number of aryl methyl sites for hydroxylation is 1. The van der Waals surface area contributed by atoms with Crippen molar-refractivity contribution in [2.24, 2.45) is 0 Å². The largest absolute Gasteiger partial charge is 0.491 e. The third kappa shape index (κ3) is 5.03. The molecule has 0 saturated heterocycles. The second kappa shape index (κ2) is 9.45. The minimum Gasteiger partial charge on any atom is -0.491 e. The topological polar surface area (TPSA) is 88.6 Å². The molecule has 0 saturated carbocycles. The van der Waals surface area contributed by atoms with Gasteiger partial charge in [0, 0.05) is 37.8 Å². The maximum absolute atomic E-state index is 12.6. The van der Waals surface area contributed by atoms with Crippen LogP contribution in [0.5, 0.6) is 5.75 Å². The van der Waals surface area contributed by atoms with Gasteiger partial charge in [-0.15, -0.1) is 0 Å². The molecule has 2 aromatic carbocycles. The Hall–Kier alpha value is -2.97. The Morgan fingerprint density at radius 1 is 1.13 bits per heavy atom. The van der Waals surface area contributed by atoms with E-state index < -0.39 is 10.0 Å². The number of rotatable bonds is 8. The molecular formula is C23H27N3O4S. The molecule has 0 atom stereocenters. The number of fused-ring (bicyclic) bond motifs is 1. The lowest BCUT2D eigenvalue weighted by Crippen LogP contribution is -2.27. The molecule has 0 unspecified atom stereocenters. The summed E-state index contributed by atoms with van der Waals surface area (Å²) in [6.45, 7) is 4.36. The lowest BCUT2D eigenvalue weighted by Gasteiger charge is -2.16. The van der Waals surface area contributed by atoms with Crippen molar-refractivity contribution in [1.82, 2.24) is 14.6 Å². The molecular weight excluding hydrogens is 414 g/mol. The van der Waals surface area contributed by atoms with Gasteiger partial charge >= 0.3 is 0 Å². The number of sulfonamides is 1. The zero-order valence-electron chi connectivity index (χ0n) is 18.2. The van der Waals surface area contributed by atoms with Gasteiger partial charge in [0.15, 0.2) is 0 Å².